The third kappa shape index (κ3) is 3.52. The first-order valence-corrected chi connectivity index (χ1v) is 7.62. The molecular weight excluding hydrogens is 292 g/mol. The van der Waals surface area contributed by atoms with Crippen molar-refractivity contribution < 1.29 is 18.9 Å². The molecule has 23 heavy (non-hydrogen) atoms. The van der Waals surface area contributed by atoms with Crippen LogP contribution in [0.4, 0.5) is 0 Å². The minimum Gasteiger partial charge on any atom is -0.493 e. The molecule has 0 heterocycles. The van der Waals surface area contributed by atoms with E-state index in [9.17, 15) is 0 Å². The molecule has 124 valence electrons. The molecule has 0 radical (unpaired) electrons. The van der Waals surface area contributed by atoms with Gasteiger partial charge in [0.15, 0.2) is 23.0 Å². The lowest BCUT2D eigenvalue weighted by atomic mass is 9.88. The Morgan fingerprint density at radius 3 is 1.35 bits per heavy atom. The number of rotatable bonds is 7. The van der Waals surface area contributed by atoms with E-state index in [1.165, 1.54) is 11.1 Å². The van der Waals surface area contributed by atoms with Gasteiger partial charge in [0.05, 0.1) is 28.4 Å². The molecule has 0 amide bonds. The molecule has 0 aliphatic carbocycles. The molecule has 0 aromatic heterocycles. The molecular formula is C19H24O4. The number of hydrogen-bond acceptors (Lipinski definition) is 4. The summed E-state index contributed by atoms with van der Waals surface area (Å²) in [6, 6.07) is 12.1. The summed E-state index contributed by atoms with van der Waals surface area (Å²) in [5.41, 5.74) is 2.36. The Balaban J connectivity index is 2.43. The molecule has 0 unspecified atom stereocenters. The highest BCUT2D eigenvalue weighted by atomic mass is 16.5. The fourth-order valence-corrected chi connectivity index (χ4v) is 2.80. The predicted molar refractivity (Wildman–Crippen MR) is 91.2 cm³/mol. The maximum Gasteiger partial charge on any atom is 0.161 e. The molecule has 0 saturated carbocycles. The summed E-state index contributed by atoms with van der Waals surface area (Å²) in [5.74, 6) is 3.19. The molecule has 0 atom stereocenters. The van der Waals surface area contributed by atoms with Gasteiger partial charge in [0.25, 0.3) is 0 Å². The van der Waals surface area contributed by atoms with E-state index >= 15 is 0 Å². The fraction of sp³-hybridized carbons (Fsp3) is 0.368. The van der Waals surface area contributed by atoms with Gasteiger partial charge >= 0.3 is 0 Å². The van der Waals surface area contributed by atoms with Gasteiger partial charge in [-0.2, -0.15) is 0 Å². The molecule has 4 nitrogen and oxygen atoms in total. The largest absolute Gasteiger partial charge is 0.493 e. The van der Waals surface area contributed by atoms with Gasteiger partial charge in [-0.15, -0.1) is 0 Å². The standard InChI is InChI=1S/C19H24O4/c1-6-15(13-7-9-16(20-2)18(11-13)22-4)14-8-10-17(21-3)19(12-14)23-5/h7-12,15H,6H2,1-5H3. The Labute approximate surface area is 137 Å². The van der Waals surface area contributed by atoms with E-state index in [1.54, 1.807) is 28.4 Å². The molecule has 0 saturated heterocycles. The molecule has 2 rings (SSSR count). The molecule has 0 fully saturated rings. The minimum atomic E-state index is 0.245. The second-order valence-corrected chi connectivity index (χ2v) is 5.19. The van der Waals surface area contributed by atoms with Crippen LogP contribution in [0.3, 0.4) is 0 Å². The topological polar surface area (TPSA) is 36.9 Å². The van der Waals surface area contributed by atoms with Crippen LogP contribution in [0.25, 0.3) is 0 Å². The molecule has 2 aromatic rings. The van der Waals surface area contributed by atoms with Crippen LogP contribution < -0.4 is 18.9 Å². The Bertz CT molecular complexity index is 596. The molecule has 0 bridgehead atoms. The van der Waals surface area contributed by atoms with Crippen molar-refractivity contribution in [3.05, 3.63) is 47.5 Å². The third-order valence-corrected chi connectivity index (χ3v) is 4.03. The van der Waals surface area contributed by atoms with E-state index < -0.39 is 0 Å². The van der Waals surface area contributed by atoms with Crippen LogP contribution in [0.2, 0.25) is 0 Å². The number of ether oxygens (including phenoxy) is 4. The van der Waals surface area contributed by atoms with Crippen LogP contribution >= 0.6 is 0 Å². The Kier molecular flexibility index (Phi) is 5.74. The second-order valence-electron chi connectivity index (χ2n) is 5.19. The van der Waals surface area contributed by atoms with E-state index in [0.29, 0.717) is 0 Å². The van der Waals surface area contributed by atoms with Crippen molar-refractivity contribution in [2.24, 2.45) is 0 Å². The van der Waals surface area contributed by atoms with E-state index in [0.717, 1.165) is 29.4 Å². The Morgan fingerprint density at radius 1 is 0.652 bits per heavy atom. The van der Waals surface area contributed by atoms with Gasteiger partial charge in [-0.25, -0.2) is 0 Å². The predicted octanol–water partition coefficient (Wildman–Crippen LogP) is 4.26. The molecule has 4 heteroatoms. The van der Waals surface area contributed by atoms with Gasteiger partial charge in [0, 0.05) is 5.92 Å². The molecule has 0 spiro atoms. The first-order chi connectivity index (χ1) is 11.2. The van der Waals surface area contributed by atoms with Gasteiger partial charge in [-0.05, 0) is 41.8 Å². The number of methoxy groups -OCH3 is 4. The van der Waals surface area contributed by atoms with Gasteiger partial charge in [-0.1, -0.05) is 19.1 Å². The average Bonchev–Trinajstić information content (AvgIpc) is 2.61. The Morgan fingerprint density at radius 2 is 1.04 bits per heavy atom. The van der Waals surface area contributed by atoms with Crippen LogP contribution in [-0.4, -0.2) is 28.4 Å². The SMILES string of the molecule is CCC(c1ccc(OC)c(OC)c1)c1ccc(OC)c(OC)c1. The van der Waals surface area contributed by atoms with Gasteiger partial charge < -0.3 is 18.9 Å². The third-order valence-electron chi connectivity index (χ3n) is 4.03. The lowest BCUT2D eigenvalue weighted by molar-refractivity contribution is 0.353. The van der Waals surface area contributed by atoms with Crippen LogP contribution in [0.15, 0.2) is 36.4 Å². The van der Waals surface area contributed by atoms with Crippen LogP contribution in [0.5, 0.6) is 23.0 Å². The zero-order valence-corrected chi connectivity index (χ0v) is 14.4. The van der Waals surface area contributed by atoms with E-state index in [-0.39, 0.29) is 5.92 Å². The highest BCUT2D eigenvalue weighted by molar-refractivity contribution is 5.49. The number of hydrogen-bond donors (Lipinski definition) is 0. The summed E-state index contributed by atoms with van der Waals surface area (Å²) >= 11 is 0. The first kappa shape index (κ1) is 17.0. The zero-order valence-electron chi connectivity index (χ0n) is 14.4. The second kappa shape index (κ2) is 7.77. The van der Waals surface area contributed by atoms with Crippen molar-refractivity contribution >= 4 is 0 Å². The van der Waals surface area contributed by atoms with Crippen LogP contribution in [0.1, 0.15) is 30.4 Å². The first-order valence-electron chi connectivity index (χ1n) is 7.62. The quantitative estimate of drug-likeness (QED) is 0.764. The highest BCUT2D eigenvalue weighted by Crippen LogP contribution is 2.37. The van der Waals surface area contributed by atoms with Gasteiger partial charge in [0.2, 0.25) is 0 Å². The minimum absolute atomic E-state index is 0.245. The normalized spacial score (nSPS) is 10.5. The van der Waals surface area contributed by atoms with Crippen molar-refractivity contribution in [1.29, 1.82) is 0 Å². The van der Waals surface area contributed by atoms with Crippen molar-refractivity contribution in [3.63, 3.8) is 0 Å². The summed E-state index contributed by atoms with van der Waals surface area (Å²) in [6.07, 6.45) is 0.963. The summed E-state index contributed by atoms with van der Waals surface area (Å²) < 4.78 is 21.5. The van der Waals surface area contributed by atoms with Crippen molar-refractivity contribution in [2.45, 2.75) is 19.3 Å². The van der Waals surface area contributed by atoms with Crippen LogP contribution in [0, 0.1) is 0 Å². The molecule has 0 N–H and O–H groups in total. The highest BCUT2D eigenvalue weighted by Gasteiger charge is 2.17. The van der Waals surface area contributed by atoms with E-state index in [4.69, 9.17) is 18.9 Å². The van der Waals surface area contributed by atoms with E-state index in [2.05, 4.69) is 19.1 Å². The maximum absolute atomic E-state index is 5.42. The molecule has 2 aromatic carbocycles. The smallest absolute Gasteiger partial charge is 0.161 e. The average molecular weight is 316 g/mol. The van der Waals surface area contributed by atoms with Gasteiger partial charge in [0.1, 0.15) is 0 Å². The number of benzene rings is 2. The maximum atomic E-state index is 5.42. The van der Waals surface area contributed by atoms with E-state index in [1.807, 2.05) is 24.3 Å². The summed E-state index contributed by atoms with van der Waals surface area (Å²) in [6.45, 7) is 2.16. The summed E-state index contributed by atoms with van der Waals surface area (Å²) in [5, 5.41) is 0. The van der Waals surface area contributed by atoms with Crippen molar-refractivity contribution in [2.75, 3.05) is 28.4 Å². The van der Waals surface area contributed by atoms with Crippen LogP contribution in [-0.2, 0) is 0 Å². The van der Waals surface area contributed by atoms with Crippen molar-refractivity contribution in [1.82, 2.24) is 0 Å². The molecule has 0 aliphatic rings. The summed E-state index contributed by atoms with van der Waals surface area (Å²) in [7, 11) is 6.59. The lowest BCUT2D eigenvalue weighted by Gasteiger charge is -2.19. The van der Waals surface area contributed by atoms with Gasteiger partial charge in [-0.3, -0.25) is 0 Å². The zero-order chi connectivity index (χ0) is 16.8. The lowest BCUT2D eigenvalue weighted by Crippen LogP contribution is -2.02. The monoisotopic (exact) mass is 316 g/mol. The summed E-state index contributed by atoms with van der Waals surface area (Å²) in [4.78, 5) is 0. The fourth-order valence-electron chi connectivity index (χ4n) is 2.80. The molecule has 0 aliphatic heterocycles. The Hall–Kier alpha value is -2.36. The van der Waals surface area contributed by atoms with Crippen molar-refractivity contribution in [3.8, 4) is 23.0 Å².